The Labute approximate surface area is 132 Å². The van der Waals surface area contributed by atoms with Crippen molar-refractivity contribution in [3.63, 3.8) is 0 Å². The van der Waals surface area contributed by atoms with Gasteiger partial charge < -0.3 is 10.1 Å². The molecule has 0 unspecified atom stereocenters. The van der Waals surface area contributed by atoms with E-state index in [4.69, 9.17) is 4.74 Å². The lowest BCUT2D eigenvalue weighted by atomic mass is 10.0. The van der Waals surface area contributed by atoms with Gasteiger partial charge in [-0.2, -0.15) is 0 Å². The second kappa shape index (κ2) is 7.65. The van der Waals surface area contributed by atoms with E-state index in [9.17, 15) is 9.59 Å². The Hall–Kier alpha value is -2.28. The molecule has 0 aliphatic heterocycles. The molecule has 0 aliphatic rings. The van der Waals surface area contributed by atoms with E-state index in [1.807, 2.05) is 39.8 Å². The minimum Gasteiger partial charge on any atom is -0.444 e. The van der Waals surface area contributed by atoms with Gasteiger partial charge in [0.25, 0.3) is 0 Å². The van der Waals surface area contributed by atoms with Crippen molar-refractivity contribution in [2.75, 3.05) is 6.54 Å². The van der Waals surface area contributed by atoms with Gasteiger partial charge in [0.15, 0.2) is 5.78 Å². The van der Waals surface area contributed by atoms with Crippen molar-refractivity contribution in [2.45, 2.75) is 46.6 Å². The van der Waals surface area contributed by atoms with Crippen molar-refractivity contribution in [1.29, 1.82) is 0 Å². The molecule has 0 saturated heterocycles. The zero-order valence-corrected chi connectivity index (χ0v) is 13.9. The quantitative estimate of drug-likeness (QED) is 0.528. The highest BCUT2D eigenvalue weighted by molar-refractivity contribution is 5.95. The van der Waals surface area contributed by atoms with E-state index in [0.717, 1.165) is 16.7 Å². The number of hydrogen-bond acceptors (Lipinski definition) is 3. The number of amides is 1. The lowest BCUT2D eigenvalue weighted by Gasteiger charge is -2.19. The fourth-order valence-corrected chi connectivity index (χ4v) is 1.84. The third-order valence-electron chi connectivity index (χ3n) is 2.76. The zero-order chi connectivity index (χ0) is 16.8. The molecule has 1 N–H and O–H groups in total. The van der Waals surface area contributed by atoms with Crippen LogP contribution < -0.4 is 5.32 Å². The van der Waals surface area contributed by atoms with Crippen LogP contribution in [0.4, 0.5) is 4.79 Å². The average molecular weight is 301 g/mol. The molecule has 4 nitrogen and oxygen atoms in total. The normalized spacial score (nSPS) is 10.4. The number of carbonyl (C=O) groups excluding carboxylic acids is 2. The number of nitrogens with one attached hydrogen (secondary N) is 1. The van der Waals surface area contributed by atoms with E-state index in [-0.39, 0.29) is 5.78 Å². The van der Waals surface area contributed by atoms with E-state index in [1.54, 1.807) is 13.0 Å². The Kier molecular flexibility index (Phi) is 6.18. The first kappa shape index (κ1) is 17.8. The standard InChI is InChI=1S/C18H23NO3/c1-13-12-15(9-10-16(13)14(2)20)8-6-7-11-19-17(21)22-18(3,4)5/h9-10,12H,7,11H2,1-5H3,(H,19,21). The molecule has 0 aliphatic carbocycles. The van der Waals surface area contributed by atoms with E-state index in [2.05, 4.69) is 17.2 Å². The molecule has 1 aromatic carbocycles. The highest BCUT2D eigenvalue weighted by atomic mass is 16.6. The van der Waals surface area contributed by atoms with Gasteiger partial charge >= 0.3 is 6.09 Å². The van der Waals surface area contributed by atoms with Crippen LogP contribution in [0.3, 0.4) is 0 Å². The maximum absolute atomic E-state index is 11.4. The number of hydrogen-bond donors (Lipinski definition) is 1. The molecule has 0 atom stereocenters. The van der Waals surface area contributed by atoms with Crippen LogP contribution in [-0.2, 0) is 4.74 Å². The number of carbonyl (C=O) groups is 2. The van der Waals surface area contributed by atoms with Crippen LogP contribution >= 0.6 is 0 Å². The molecule has 0 fully saturated rings. The molecule has 1 rings (SSSR count). The molecule has 118 valence electrons. The average Bonchev–Trinajstić information content (AvgIpc) is 2.35. The van der Waals surface area contributed by atoms with E-state index in [1.165, 1.54) is 0 Å². The number of alkyl carbamates (subject to hydrolysis) is 1. The van der Waals surface area contributed by atoms with Crippen LogP contribution in [-0.4, -0.2) is 24.0 Å². The van der Waals surface area contributed by atoms with Crippen molar-refractivity contribution in [1.82, 2.24) is 5.32 Å². The summed E-state index contributed by atoms with van der Waals surface area (Å²) in [5.74, 6) is 6.07. The van der Waals surface area contributed by atoms with E-state index >= 15 is 0 Å². The molecule has 4 heteroatoms. The van der Waals surface area contributed by atoms with Crippen molar-refractivity contribution in [3.8, 4) is 11.8 Å². The van der Waals surface area contributed by atoms with Crippen LogP contribution in [0.2, 0.25) is 0 Å². The van der Waals surface area contributed by atoms with Gasteiger partial charge in [0.1, 0.15) is 5.60 Å². The smallest absolute Gasteiger partial charge is 0.407 e. The lowest BCUT2D eigenvalue weighted by Crippen LogP contribution is -2.32. The van der Waals surface area contributed by atoms with Crippen molar-refractivity contribution in [2.24, 2.45) is 0 Å². The van der Waals surface area contributed by atoms with Crippen LogP contribution in [0, 0.1) is 18.8 Å². The molecule has 0 heterocycles. The van der Waals surface area contributed by atoms with Crippen LogP contribution in [0.1, 0.15) is 55.6 Å². The number of rotatable bonds is 3. The molecule has 1 amide bonds. The Morgan fingerprint density at radius 1 is 1.27 bits per heavy atom. The van der Waals surface area contributed by atoms with Gasteiger partial charge in [-0.15, -0.1) is 0 Å². The number of benzene rings is 1. The number of Topliss-reactive ketones (excluding diaryl/α,β-unsaturated/α-hetero) is 1. The van der Waals surface area contributed by atoms with Crippen molar-refractivity contribution < 1.29 is 14.3 Å². The van der Waals surface area contributed by atoms with Gasteiger partial charge in [-0.1, -0.05) is 11.8 Å². The Bertz CT molecular complexity index is 615. The molecule has 0 radical (unpaired) electrons. The lowest BCUT2D eigenvalue weighted by molar-refractivity contribution is 0.0529. The van der Waals surface area contributed by atoms with Gasteiger partial charge in [0.2, 0.25) is 0 Å². The molecule has 22 heavy (non-hydrogen) atoms. The predicted octanol–water partition coefficient (Wildman–Crippen LogP) is 3.46. The van der Waals surface area contributed by atoms with Gasteiger partial charge in [-0.25, -0.2) is 4.79 Å². The number of aryl methyl sites for hydroxylation is 1. The largest absolute Gasteiger partial charge is 0.444 e. The third kappa shape index (κ3) is 6.45. The number of ether oxygens (including phenoxy) is 1. The molecule has 0 saturated carbocycles. The maximum atomic E-state index is 11.4. The second-order valence-electron chi connectivity index (χ2n) is 6.07. The summed E-state index contributed by atoms with van der Waals surface area (Å²) in [5, 5.41) is 2.65. The van der Waals surface area contributed by atoms with Crippen LogP contribution in [0.25, 0.3) is 0 Å². The Balaban J connectivity index is 2.47. The zero-order valence-electron chi connectivity index (χ0n) is 13.9. The summed E-state index contributed by atoms with van der Waals surface area (Å²) in [4.78, 5) is 22.8. The molecule has 0 aromatic heterocycles. The highest BCUT2D eigenvalue weighted by Crippen LogP contribution is 2.11. The highest BCUT2D eigenvalue weighted by Gasteiger charge is 2.15. The van der Waals surface area contributed by atoms with Crippen LogP contribution in [0.5, 0.6) is 0 Å². The molecule has 0 spiro atoms. The summed E-state index contributed by atoms with van der Waals surface area (Å²) in [7, 11) is 0. The second-order valence-corrected chi connectivity index (χ2v) is 6.07. The molecular formula is C18H23NO3. The topological polar surface area (TPSA) is 55.4 Å². The summed E-state index contributed by atoms with van der Waals surface area (Å²) in [5.41, 5.74) is 2.01. The van der Waals surface area contributed by atoms with Gasteiger partial charge in [-0.3, -0.25) is 4.79 Å². The summed E-state index contributed by atoms with van der Waals surface area (Å²) in [6, 6.07) is 5.52. The first-order chi connectivity index (χ1) is 10.2. The van der Waals surface area contributed by atoms with Crippen molar-refractivity contribution >= 4 is 11.9 Å². The number of ketones is 1. The first-order valence-electron chi connectivity index (χ1n) is 7.26. The Morgan fingerprint density at radius 2 is 1.95 bits per heavy atom. The minimum absolute atomic E-state index is 0.0542. The van der Waals surface area contributed by atoms with Crippen LogP contribution in [0.15, 0.2) is 18.2 Å². The Morgan fingerprint density at radius 3 is 2.50 bits per heavy atom. The minimum atomic E-state index is -0.494. The summed E-state index contributed by atoms with van der Waals surface area (Å²) < 4.78 is 5.12. The predicted molar refractivity (Wildman–Crippen MR) is 86.9 cm³/mol. The fraction of sp³-hybridized carbons (Fsp3) is 0.444. The van der Waals surface area contributed by atoms with E-state index in [0.29, 0.717) is 13.0 Å². The van der Waals surface area contributed by atoms with E-state index < -0.39 is 11.7 Å². The fourth-order valence-electron chi connectivity index (χ4n) is 1.84. The van der Waals surface area contributed by atoms with Gasteiger partial charge in [-0.05, 0) is 58.4 Å². The maximum Gasteiger partial charge on any atom is 0.407 e. The summed E-state index contributed by atoms with van der Waals surface area (Å²) >= 11 is 0. The summed E-state index contributed by atoms with van der Waals surface area (Å²) in [6.45, 7) is 9.34. The monoisotopic (exact) mass is 301 g/mol. The van der Waals surface area contributed by atoms with Gasteiger partial charge in [0, 0.05) is 24.1 Å². The summed E-state index contributed by atoms with van der Waals surface area (Å²) in [6.07, 6.45) is 0.100. The molecule has 1 aromatic rings. The third-order valence-corrected chi connectivity index (χ3v) is 2.76. The first-order valence-corrected chi connectivity index (χ1v) is 7.26. The molecular weight excluding hydrogens is 278 g/mol. The van der Waals surface area contributed by atoms with Crippen molar-refractivity contribution in [3.05, 3.63) is 34.9 Å². The molecule has 0 bridgehead atoms. The van der Waals surface area contributed by atoms with Gasteiger partial charge in [0.05, 0.1) is 0 Å². The SMILES string of the molecule is CC(=O)c1ccc(C#CCCNC(=O)OC(C)(C)C)cc1C.